The average molecular weight is 603 g/mol. The summed E-state index contributed by atoms with van der Waals surface area (Å²) in [5, 5.41) is 6.85. The van der Waals surface area contributed by atoms with Crippen molar-refractivity contribution in [3.8, 4) is 17.8 Å². The maximum absolute atomic E-state index is 5.30. The molecule has 4 aromatic heterocycles. The number of hydrogen-bond acceptors (Lipinski definition) is 3. The van der Waals surface area contributed by atoms with E-state index in [0.29, 0.717) is 17.8 Å². The fourth-order valence-corrected chi connectivity index (χ4v) is 7.25. The van der Waals surface area contributed by atoms with Gasteiger partial charge in [0, 0.05) is 32.3 Å². The highest BCUT2D eigenvalue weighted by molar-refractivity contribution is 6.11. The molecule has 0 aliphatic rings. The van der Waals surface area contributed by atoms with Gasteiger partial charge in [0.15, 0.2) is 0 Å². The minimum Gasteiger partial charge on any atom is -0.278 e. The van der Waals surface area contributed by atoms with Gasteiger partial charge in [0.05, 0.1) is 33.1 Å². The molecule has 0 N–H and O–H groups in total. The number of rotatable bonds is 4. The summed E-state index contributed by atoms with van der Waals surface area (Å²) in [5.41, 5.74) is 7.26. The second-order valence-corrected chi connectivity index (χ2v) is 11.8. The number of hydrogen-bond donors (Lipinski definition) is 0. The van der Waals surface area contributed by atoms with Crippen LogP contribution in [-0.4, -0.2) is 28.7 Å². The first kappa shape index (κ1) is 25.8. The van der Waals surface area contributed by atoms with Crippen molar-refractivity contribution in [1.82, 2.24) is 28.7 Å². The van der Waals surface area contributed by atoms with Gasteiger partial charge in [-0.1, -0.05) is 110 Å². The highest BCUT2D eigenvalue weighted by Gasteiger charge is 2.22. The number of benzene rings is 6. The topological polar surface area (TPSA) is 53.5 Å². The molecule has 0 amide bonds. The third-order valence-electron chi connectivity index (χ3n) is 9.29. The van der Waals surface area contributed by atoms with E-state index in [4.69, 9.17) is 15.0 Å². The molecule has 4 heterocycles. The zero-order valence-electron chi connectivity index (χ0n) is 25.2. The molecule has 6 nitrogen and oxygen atoms in total. The summed E-state index contributed by atoms with van der Waals surface area (Å²) in [6.45, 7) is 4.02. The Balaban J connectivity index is 1.38. The van der Waals surface area contributed by atoms with E-state index in [1.807, 2.05) is 6.08 Å². The van der Waals surface area contributed by atoms with Crippen molar-refractivity contribution in [3.05, 3.63) is 152 Å². The van der Waals surface area contributed by atoms with Gasteiger partial charge < -0.3 is 0 Å². The second kappa shape index (κ2) is 9.73. The lowest BCUT2D eigenvalue weighted by molar-refractivity contribution is 0.848. The Labute approximate surface area is 269 Å². The van der Waals surface area contributed by atoms with E-state index >= 15 is 0 Å². The zero-order valence-corrected chi connectivity index (χ0v) is 25.2. The first-order chi connectivity index (χ1) is 23.3. The first-order valence-electron chi connectivity index (χ1n) is 15.7. The lowest BCUT2D eigenvalue weighted by atomic mass is 10.1. The van der Waals surface area contributed by atoms with Crippen LogP contribution >= 0.6 is 0 Å². The molecule has 0 fully saturated rings. The average Bonchev–Trinajstić information content (AvgIpc) is 3.77. The Kier molecular flexibility index (Phi) is 5.33. The van der Waals surface area contributed by atoms with Crippen LogP contribution in [0.25, 0.3) is 89.3 Å². The highest BCUT2D eigenvalue weighted by atomic mass is 15.3. The SMILES string of the molecule is C=Cc1ccc2c(c1)c1ccccc1n2-c1nc(-n2c3ccccc3c3ccccc32)nc(-n2c3ccccc3c3ccccc32)n1. The van der Waals surface area contributed by atoms with E-state index < -0.39 is 0 Å². The molecular weight excluding hydrogens is 576 g/mol. The zero-order chi connectivity index (χ0) is 31.1. The molecule has 0 saturated heterocycles. The maximum atomic E-state index is 5.30. The normalized spacial score (nSPS) is 11.9. The molecule has 10 aromatic rings. The third kappa shape index (κ3) is 3.64. The summed E-state index contributed by atoms with van der Waals surface area (Å²) in [6, 6.07) is 48.6. The van der Waals surface area contributed by atoms with E-state index in [1.165, 1.54) is 0 Å². The minimum atomic E-state index is 0.547. The van der Waals surface area contributed by atoms with Crippen molar-refractivity contribution in [3.63, 3.8) is 0 Å². The molecule has 0 radical (unpaired) electrons. The summed E-state index contributed by atoms with van der Waals surface area (Å²) in [7, 11) is 0. The Hall–Kier alpha value is -6.53. The van der Waals surface area contributed by atoms with Gasteiger partial charge in [-0.2, -0.15) is 15.0 Å². The van der Waals surface area contributed by atoms with Gasteiger partial charge in [-0.15, -0.1) is 0 Å². The van der Waals surface area contributed by atoms with E-state index in [2.05, 4.69) is 160 Å². The fraction of sp³-hybridized carbons (Fsp3) is 0. The van der Waals surface area contributed by atoms with Crippen molar-refractivity contribution in [2.24, 2.45) is 0 Å². The Morgan fingerprint density at radius 1 is 0.362 bits per heavy atom. The van der Waals surface area contributed by atoms with Crippen LogP contribution in [0.1, 0.15) is 5.56 Å². The first-order valence-corrected chi connectivity index (χ1v) is 15.7. The second-order valence-electron chi connectivity index (χ2n) is 11.8. The van der Waals surface area contributed by atoms with Crippen molar-refractivity contribution >= 4 is 71.5 Å². The van der Waals surface area contributed by atoms with Gasteiger partial charge in [0.1, 0.15) is 0 Å². The molecular formula is C41H26N6. The molecule has 0 bridgehead atoms. The molecule has 6 aromatic carbocycles. The highest BCUT2D eigenvalue weighted by Crippen LogP contribution is 2.36. The summed E-state index contributed by atoms with van der Waals surface area (Å²) in [4.78, 5) is 15.9. The summed E-state index contributed by atoms with van der Waals surface area (Å²) < 4.78 is 6.49. The standard InChI is InChI=1S/C41H26N6/c1-2-26-23-24-38-32(25-26)31-17-7-12-22-37(31)47(38)41-43-39(45-33-18-8-3-13-27(33)28-14-4-9-19-34(28)45)42-40(44-41)46-35-20-10-5-15-29(35)30-16-6-11-21-36(30)46/h2-25H,1H2. The van der Waals surface area contributed by atoms with E-state index in [9.17, 15) is 0 Å². The van der Waals surface area contributed by atoms with Gasteiger partial charge in [-0.3, -0.25) is 13.7 Å². The van der Waals surface area contributed by atoms with Crippen LogP contribution in [-0.2, 0) is 0 Å². The molecule has 0 spiro atoms. The van der Waals surface area contributed by atoms with Crippen molar-refractivity contribution in [1.29, 1.82) is 0 Å². The molecule has 0 unspecified atom stereocenters. The number of nitrogens with zero attached hydrogens (tertiary/aromatic N) is 6. The van der Waals surface area contributed by atoms with E-state index in [-0.39, 0.29) is 0 Å². The molecule has 0 saturated carbocycles. The molecule has 0 aliphatic heterocycles. The van der Waals surface area contributed by atoms with Crippen LogP contribution in [0.3, 0.4) is 0 Å². The van der Waals surface area contributed by atoms with Gasteiger partial charge in [0.2, 0.25) is 17.8 Å². The van der Waals surface area contributed by atoms with Crippen molar-refractivity contribution < 1.29 is 0 Å². The maximum Gasteiger partial charge on any atom is 0.241 e. The predicted molar refractivity (Wildman–Crippen MR) is 193 cm³/mol. The Morgan fingerprint density at radius 3 is 1.00 bits per heavy atom. The molecule has 47 heavy (non-hydrogen) atoms. The molecule has 0 aliphatic carbocycles. The summed E-state index contributed by atoms with van der Waals surface area (Å²) in [5.74, 6) is 1.65. The number of aromatic nitrogens is 6. The van der Waals surface area contributed by atoms with Gasteiger partial charge in [0.25, 0.3) is 0 Å². The minimum absolute atomic E-state index is 0.547. The Morgan fingerprint density at radius 2 is 0.660 bits per heavy atom. The van der Waals surface area contributed by atoms with E-state index in [0.717, 1.165) is 71.0 Å². The summed E-state index contributed by atoms with van der Waals surface area (Å²) in [6.07, 6.45) is 1.88. The lowest BCUT2D eigenvalue weighted by Gasteiger charge is -2.14. The van der Waals surface area contributed by atoms with Crippen LogP contribution in [0.2, 0.25) is 0 Å². The van der Waals surface area contributed by atoms with Crippen molar-refractivity contribution in [2.75, 3.05) is 0 Å². The van der Waals surface area contributed by atoms with E-state index in [1.54, 1.807) is 0 Å². The predicted octanol–water partition coefficient (Wildman–Crippen LogP) is 9.81. The van der Waals surface area contributed by atoms with Crippen LogP contribution in [0.15, 0.2) is 146 Å². The van der Waals surface area contributed by atoms with Crippen LogP contribution in [0, 0.1) is 0 Å². The quantitative estimate of drug-likeness (QED) is 0.201. The van der Waals surface area contributed by atoms with Gasteiger partial charge in [-0.05, 0) is 48.0 Å². The number of fused-ring (bicyclic) bond motifs is 9. The Bertz CT molecular complexity index is 2650. The molecule has 6 heteroatoms. The number of para-hydroxylation sites is 5. The largest absolute Gasteiger partial charge is 0.278 e. The molecule has 10 rings (SSSR count). The van der Waals surface area contributed by atoms with Crippen molar-refractivity contribution in [2.45, 2.75) is 0 Å². The fourth-order valence-electron chi connectivity index (χ4n) is 7.25. The monoisotopic (exact) mass is 602 g/mol. The van der Waals surface area contributed by atoms with Crippen LogP contribution in [0.4, 0.5) is 0 Å². The van der Waals surface area contributed by atoms with Crippen LogP contribution < -0.4 is 0 Å². The lowest BCUT2D eigenvalue weighted by Crippen LogP contribution is -2.13. The van der Waals surface area contributed by atoms with Crippen LogP contribution in [0.5, 0.6) is 0 Å². The van der Waals surface area contributed by atoms with Gasteiger partial charge in [-0.25, -0.2) is 0 Å². The molecule has 0 atom stereocenters. The van der Waals surface area contributed by atoms with Gasteiger partial charge >= 0.3 is 0 Å². The third-order valence-corrected chi connectivity index (χ3v) is 9.29. The summed E-state index contributed by atoms with van der Waals surface area (Å²) >= 11 is 0. The smallest absolute Gasteiger partial charge is 0.241 e. The molecule has 220 valence electrons.